The van der Waals surface area contributed by atoms with Gasteiger partial charge in [-0.15, -0.1) is 0 Å². The van der Waals surface area contributed by atoms with Gasteiger partial charge in [0.1, 0.15) is 5.82 Å². The third-order valence-corrected chi connectivity index (χ3v) is 3.50. The van der Waals surface area contributed by atoms with Crippen molar-refractivity contribution in [3.8, 4) is 0 Å². The highest BCUT2D eigenvalue weighted by Crippen LogP contribution is 2.34. The molecule has 1 N–H and O–H groups in total. The van der Waals surface area contributed by atoms with Crippen LogP contribution in [0.25, 0.3) is 0 Å². The van der Waals surface area contributed by atoms with Gasteiger partial charge in [-0.05, 0) is 23.8 Å². The van der Waals surface area contributed by atoms with Gasteiger partial charge in [-0.3, -0.25) is 0 Å². The van der Waals surface area contributed by atoms with E-state index in [1.807, 2.05) is 0 Å². The number of aliphatic hydroxyl groups is 1. The molecule has 2 aromatic carbocycles. The van der Waals surface area contributed by atoms with E-state index >= 15 is 0 Å². The van der Waals surface area contributed by atoms with Crippen LogP contribution >= 0.6 is 15.9 Å². The second-order valence-corrected chi connectivity index (χ2v) is 5.47. The normalized spacial score (nSPS) is 13.2. The van der Waals surface area contributed by atoms with Gasteiger partial charge in [0.05, 0.1) is 11.7 Å². The minimum absolute atomic E-state index is 0.0255. The van der Waals surface area contributed by atoms with Crippen molar-refractivity contribution < 1.29 is 22.7 Å². The first-order chi connectivity index (χ1) is 9.79. The van der Waals surface area contributed by atoms with E-state index in [1.165, 1.54) is 0 Å². The number of rotatable bonds is 3. The van der Waals surface area contributed by atoms with Crippen molar-refractivity contribution in [3.63, 3.8) is 0 Å². The summed E-state index contributed by atoms with van der Waals surface area (Å²) in [6, 6.07) is 9.84. The average Bonchev–Trinajstić information content (AvgIpc) is 2.37. The standard InChI is InChI=1S/C15H11BrF4O/c16-10-4-1-3-9(7-10)8-13(21)11-5-2-6-12(14(11)17)15(18,19)20/h1-7,13,21H,8H2. The quantitative estimate of drug-likeness (QED) is 0.771. The molecule has 6 heteroatoms. The molecule has 0 heterocycles. The van der Waals surface area contributed by atoms with Gasteiger partial charge in [0.25, 0.3) is 0 Å². The second kappa shape index (κ2) is 6.15. The molecule has 0 aliphatic heterocycles. The zero-order valence-corrected chi connectivity index (χ0v) is 12.2. The Hall–Kier alpha value is -1.40. The Morgan fingerprint density at radius 1 is 1.10 bits per heavy atom. The lowest BCUT2D eigenvalue weighted by Crippen LogP contribution is -2.12. The molecule has 0 radical (unpaired) electrons. The van der Waals surface area contributed by atoms with E-state index in [0.29, 0.717) is 11.6 Å². The van der Waals surface area contributed by atoms with Gasteiger partial charge < -0.3 is 5.11 Å². The zero-order chi connectivity index (χ0) is 15.6. The first-order valence-corrected chi connectivity index (χ1v) is 6.86. The molecule has 0 spiro atoms. The molecular formula is C15H11BrF4O. The van der Waals surface area contributed by atoms with E-state index in [4.69, 9.17) is 0 Å². The van der Waals surface area contributed by atoms with E-state index in [-0.39, 0.29) is 12.0 Å². The van der Waals surface area contributed by atoms with Crippen molar-refractivity contribution in [2.45, 2.75) is 18.7 Å². The molecule has 0 saturated carbocycles. The van der Waals surface area contributed by atoms with Crippen molar-refractivity contribution >= 4 is 15.9 Å². The topological polar surface area (TPSA) is 20.2 Å². The number of alkyl halides is 3. The molecule has 0 aliphatic rings. The highest BCUT2D eigenvalue weighted by molar-refractivity contribution is 9.10. The first kappa shape index (κ1) is 16.0. The summed E-state index contributed by atoms with van der Waals surface area (Å²) in [5, 5.41) is 10.0. The van der Waals surface area contributed by atoms with E-state index in [2.05, 4.69) is 15.9 Å². The largest absolute Gasteiger partial charge is 0.419 e. The van der Waals surface area contributed by atoms with Crippen LogP contribution in [0.15, 0.2) is 46.9 Å². The number of benzene rings is 2. The molecule has 1 unspecified atom stereocenters. The molecule has 1 atom stereocenters. The molecule has 0 aromatic heterocycles. The van der Waals surface area contributed by atoms with Crippen molar-refractivity contribution in [2.24, 2.45) is 0 Å². The molecule has 21 heavy (non-hydrogen) atoms. The van der Waals surface area contributed by atoms with Crippen molar-refractivity contribution in [1.82, 2.24) is 0 Å². The summed E-state index contributed by atoms with van der Waals surface area (Å²) in [7, 11) is 0. The van der Waals surface area contributed by atoms with Gasteiger partial charge in [-0.25, -0.2) is 4.39 Å². The van der Waals surface area contributed by atoms with Gasteiger partial charge in [-0.2, -0.15) is 13.2 Å². The fraction of sp³-hybridized carbons (Fsp3) is 0.200. The summed E-state index contributed by atoms with van der Waals surface area (Å²) >= 11 is 3.26. The maximum atomic E-state index is 13.9. The molecule has 112 valence electrons. The Kier molecular flexibility index (Phi) is 4.68. The predicted octanol–water partition coefficient (Wildman–Crippen LogP) is 4.88. The maximum Gasteiger partial charge on any atom is 0.419 e. The Labute approximate surface area is 127 Å². The van der Waals surface area contributed by atoms with Gasteiger partial charge in [0.15, 0.2) is 0 Å². The molecule has 2 aromatic rings. The fourth-order valence-electron chi connectivity index (χ4n) is 2.02. The van der Waals surface area contributed by atoms with Gasteiger partial charge in [-0.1, -0.05) is 40.2 Å². The monoisotopic (exact) mass is 362 g/mol. The van der Waals surface area contributed by atoms with E-state index in [1.54, 1.807) is 24.3 Å². The van der Waals surface area contributed by atoms with Crippen molar-refractivity contribution in [2.75, 3.05) is 0 Å². The average molecular weight is 363 g/mol. The summed E-state index contributed by atoms with van der Waals surface area (Å²) in [6.45, 7) is 0. The zero-order valence-electron chi connectivity index (χ0n) is 10.7. The molecule has 0 fully saturated rings. The van der Waals surface area contributed by atoms with Crippen LogP contribution in [0, 0.1) is 5.82 Å². The van der Waals surface area contributed by atoms with Crippen LogP contribution in [0.3, 0.4) is 0 Å². The molecule has 0 aliphatic carbocycles. The van der Waals surface area contributed by atoms with Gasteiger partial charge in [0.2, 0.25) is 0 Å². The van der Waals surface area contributed by atoms with Gasteiger partial charge in [0, 0.05) is 16.5 Å². The maximum absolute atomic E-state index is 13.9. The predicted molar refractivity (Wildman–Crippen MR) is 74.2 cm³/mol. The smallest absolute Gasteiger partial charge is 0.388 e. The molecule has 0 saturated heterocycles. The lowest BCUT2D eigenvalue weighted by molar-refractivity contribution is -0.140. The SMILES string of the molecule is OC(Cc1cccc(Br)c1)c1cccc(C(F)(F)F)c1F. The second-order valence-electron chi connectivity index (χ2n) is 4.56. The van der Waals surface area contributed by atoms with Crippen LogP contribution in [0.5, 0.6) is 0 Å². The minimum Gasteiger partial charge on any atom is -0.388 e. The molecule has 1 nitrogen and oxygen atoms in total. The number of aliphatic hydroxyl groups excluding tert-OH is 1. The Morgan fingerprint density at radius 3 is 2.38 bits per heavy atom. The summed E-state index contributed by atoms with van der Waals surface area (Å²) in [5.41, 5.74) is -1.04. The van der Waals surface area contributed by atoms with Crippen LogP contribution < -0.4 is 0 Å². The van der Waals surface area contributed by atoms with Crippen LogP contribution in [0.1, 0.15) is 22.8 Å². The van der Waals surface area contributed by atoms with Crippen LogP contribution in [-0.2, 0) is 12.6 Å². The van der Waals surface area contributed by atoms with E-state index < -0.39 is 23.7 Å². The number of hydrogen-bond donors (Lipinski definition) is 1. The lowest BCUT2D eigenvalue weighted by atomic mass is 9.99. The van der Waals surface area contributed by atoms with Gasteiger partial charge >= 0.3 is 6.18 Å². The highest BCUT2D eigenvalue weighted by Gasteiger charge is 2.35. The van der Waals surface area contributed by atoms with Crippen molar-refractivity contribution in [1.29, 1.82) is 0 Å². The highest BCUT2D eigenvalue weighted by atomic mass is 79.9. The van der Waals surface area contributed by atoms with Crippen molar-refractivity contribution in [3.05, 3.63) is 69.4 Å². The minimum atomic E-state index is -4.78. The molecule has 0 amide bonds. The molecule has 2 rings (SSSR count). The van der Waals surface area contributed by atoms with Crippen LogP contribution in [-0.4, -0.2) is 5.11 Å². The third kappa shape index (κ3) is 3.83. The summed E-state index contributed by atoms with van der Waals surface area (Å²) in [6.07, 6.45) is -6.10. The Morgan fingerprint density at radius 2 is 1.76 bits per heavy atom. The fourth-order valence-corrected chi connectivity index (χ4v) is 2.47. The van der Waals surface area contributed by atoms with E-state index in [9.17, 15) is 22.7 Å². The first-order valence-electron chi connectivity index (χ1n) is 6.07. The number of halogens is 5. The third-order valence-electron chi connectivity index (χ3n) is 3.01. The summed E-state index contributed by atoms with van der Waals surface area (Å²) < 4.78 is 52.6. The lowest BCUT2D eigenvalue weighted by Gasteiger charge is -2.15. The Bertz CT molecular complexity index is 640. The molecule has 0 bridgehead atoms. The van der Waals surface area contributed by atoms with Crippen LogP contribution in [0.2, 0.25) is 0 Å². The number of hydrogen-bond acceptors (Lipinski definition) is 1. The van der Waals surface area contributed by atoms with E-state index in [0.717, 1.165) is 16.6 Å². The molecular weight excluding hydrogens is 352 g/mol. The summed E-state index contributed by atoms with van der Waals surface area (Å²) in [4.78, 5) is 0. The Balaban J connectivity index is 2.30. The van der Waals surface area contributed by atoms with Crippen LogP contribution in [0.4, 0.5) is 17.6 Å². The summed E-state index contributed by atoms with van der Waals surface area (Å²) in [5.74, 6) is -1.42.